The van der Waals surface area contributed by atoms with Crippen LogP contribution in [0.3, 0.4) is 0 Å². The fourth-order valence-corrected chi connectivity index (χ4v) is 3.54. The van der Waals surface area contributed by atoms with Gasteiger partial charge in [0.05, 0.1) is 17.6 Å². The number of sulfonamides is 1. The summed E-state index contributed by atoms with van der Waals surface area (Å²) in [7, 11) is -0.605. The molecule has 0 aromatic heterocycles. The molecule has 1 heterocycles. The average molecular weight is 341 g/mol. The molecule has 1 aromatic carbocycles. The van der Waals surface area contributed by atoms with Crippen LogP contribution in [0.4, 0.5) is 5.69 Å². The number of rotatable bonds is 4. The molecular weight excluding hydrogens is 318 g/mol. The minimum Gasteiger partial charge on any atom is -0.375 e. The summed E-state index contributed by atoms with van der Waals surface area (Å²) in [5.41, 5.74) is 1.07. The zero-order valence-corrected chi connectivity index (χ0v) is 14.6. The third-order valence-corrected chi connectivity index (χ3v) is 5.77. The standard InChI is InChI=1S/C15H23N3O4S/c1-10-5-6-12(9-13(10)23(20,21)18(3)4)17-15(19)14-11(2)22-8-7-16-14/h5-6,9,11,14,16H,7-8H2,1-4H3,(H,17,19)/t11-,14+/m1/s1. The van der Waals surface area contributed by atoms with Crippen molar-refractivity contribution in [3.63, 3.8) is 0 Å². The first-order chi connectivity index (χ1) is 10.7. The molecule has 2 atom stereocenters. The zero-order chi connectivity index (χ0) is 17.2. The molecule has 7 nitrogen and oxygen atoms in total. The van der Waals surface area contributed by atoms with Crippen molar-refractivity contribution in [1.29, 1.82) is 0 Å². The Balaban J connectivity index is 2.23. The molecule has 0 aliphatic carbocycles. The number of hydrogen-bond acceptors (Lipinski definition) is 5. The highest BCUT2D eigenvalue weighted by Gasteiger charge is 2.28. The van der Waals surface area contributed by atoms with E-state index in [4.69, 9.17) is 4.74 Å². The summed E-state index contributed by atoms with van der Waals surface area (Å²) in [6.07, 6.45) is -0.237. The number of benzene rings is 1. The first kappa shape index (κ1) is 17.9. The van der Waals surface area contributed by atoms with Gasteiger partial charge in [-0.05, 0) is 31.5 Å². The number of aryl methyl sites for hydroxylation is 1. The molecule has 2 N–H and O–H groups in total. The van der Waals surface area contributed by atoms with E-state index < -0.39 is 16.1 Å². The topological polar surface area (TPSA) is 87.7 Å². The molecule has 128 valence electrons. The highest BCUT2D eigenvalue weighted by Crippen LogP contribution is 2.22. The van der Waals surface area contributed by atoms with Crippen molar-refractivity contribution in [3.05, 3.63) is 23.8 Å². The van der Waals surface area contributed by atoms with E-state index in [2.05, 4.69) is 10.6 Å². The molecular formula is C15H23N3O4S. The van der Waals surface area contributed by atoms with Crippen LogP contribution in [0.25, 0.3) is 0 Å². The molecule has 0 bridgehead atoms. The minimum absolute atomic E-state index is 0.182. The molecule has 1 amide bonds. The number of amides is 1. The van der Waals surface area contributed by atoms with E-state index in [1.807, 2.05) is 6.92 Å². The van der Waals surface area contributed by atoms with E-state index in [0.717, 1.165) is 4.31 Å². The van der Waals surface area contributed by atoms with Gasteiger partial charge >= 0.3 is 0 Å². The Morgan fingerprint density at radius 3 is 2.70 bits per heavy atom. The maximum Gasteiger partial charge on any atom is 0.244 e. The second-order valence-corrected chi connectivity index (χ2v) is 7.88. The lowest BCUT2D eigenvalue weighted by molar-refractivity contribution is -0.123. The Morgan fingerprint density at radius 2 is 2.09 bits per heavy atom. The van der Waals surface area contributed by atoms with Crippen molar-refractivity contribution >= 4 is 21.6 Å². The molecule has 23 heavy (non-hydrogen) atoms. The molecule has 1 aromatic rings. The molecule has 0 unspecified atom stereocenters. The van der Waals surface area contributed by atoms with Gasteiger partial charge in [-0.2, -0.15) is 0 Å². The molecule has 2 rings (SSSR count). The highest BCUT2D eigenvalue weighted by molar-refractivity contribution is 7.89. The predicted molar refractivity (Wildman–Crippen MR) is 87.9 cm³/mol. The van der Waals surface area contributed by atoms with Gasteiger partial charge in [0.2, 0.25) is 15.9 Å². The zero-order valence-electron chi connectivity index (χ0n) is 13.8. The number of carbonyl (C=O) groups is 1. The first-order valence-electron chi connectivity index (χ1n) is 7.42. The SMILES string of the molecule is Cc1ccc(NC(=O)[C@H]2NCCO[C@@H]2C)cc1S(=O)(=O)N(C)C. The van der Waals surface area contributed by atoms with Crippen LogP contribution in [0.1, 0.15) is 12.5 Å². The van der Waals surface area contributed by atoms with Gasteiger partial charge in [0.15, 0.2) is 0 Å². The van der Waals surface area contributed by atoms with Gasteiger partial charge < -0.3 is 15.4 Å². The van der Waals surface area contributed by atoms with Crippen molar-refractivity contribution in [2.75, 3.05) is 32.6 Å². The molecule has 0 radical (unpaired) electrons. The molecule has 8 heteroatoms. The van der Waals surface area contributed by atoms with Gasteiger partial charge in [0.25, 0.3) is 0 Å². The molecule has 1 aliphatic heterocycles. The summed E-state index contributed by atoms with van der Waals surface area (Å²) < 4.78 is 31.3. The number of carbonyl (C=O) groups excluding carboxylic acids is 1. The molecule has 1 saturated heterocycles. The van der Waals surface area contributed by atoms with Crippen LogP contribution in [-0.4, -0.2) is 58.0 Å². The highest BCUT2D eigenvalue weighted by atomic mass is 32.2. The van der Waals surface area contributed by atoms with Crippen molar-refractivity contribution < 1.29 is 17.9 Å². The van der Waals surface area contributed by atoms with Crippen LogP contribution in [-0.2, 0) is 19.6 Å². The summed E-state index contributed by atoms with van der Waals surface area (Å²) in [5, 5.41) is 5.86. The van der Waals surface area contributed by atoms with E-state index in [0.29, 0.717) is 24.4 Å². The van der Waals surface area contributed by atoms with E-state index in [1.165, 1.54) is 20.2 Å². The summed E-state index contributed by atoms with van der Waals surface area (Å²) in [4.78, 5) is 12.5. The van der Waals surface area contributed by atoms with Gasteiger partial charge in [0.1, 0.15) is 6.04 Å². The fourth-order valence-electron chi connectivity index (χ4n) is 2.40. The number of nitrogens with zero attached hydrogens (tertiary/aromatic N) is 1. The van der Waals surface area contributed by atoms with Crippen LogP contribution in [0, 0.1) is 6.92 Å². The summed E-state index contributed by atoms with van der Waals surface area (Å²) in [5.74, 6) is -0.241. The van der Waals surface area contributed by atoms with Crippen LogP contribution in [0.5, 0.6) is 0 Å². The molecule has 0 spiro atoms. The van der Waals surface area contributed by atoms with Gasteiger partial charge in [-0.3, -0.25) is 4.79 Å². The van der Waals surface area contributed by atoms with Gasteiger partial charge in [-0.1, -0.05) is 6.07 Å². The second kappa shape index (κ2) is 6.96. The lowest BCUT2D eigenvalue weighted by atomic mass is 10.1. The minimum atomic E-state index is -3.56. The third-order valence-electron chi connectivity index (χ3n) is 3.81. The fraction of sp³-hybridized carbons (Fsp3) is 0.533. The Kier molecular flexibility index (Phi) is 5.41. The van der Waals surface area contributed by atoms with Gasteiger partial charge in [0, 0.05) is 26.3 Å². The Labute approximate surface area is 137 Å². The number of ether oxygens (including phenoxy) is 1. The van der Waals surface area contributed by atoms with Crippen molar-refractivity contribution in [3.8, 4) is 0 Å². The maximum absolute atomic E-state index is 12.3. The van der Waals surface area contributed by atoms with Crippen molar-refractivity contribution in [2.24, 2.45) is 0 Å². The number of anilines is 1. The van der Waals surface area contributed by atoms with Gasteiger partial charge in [-0.15, -0.1) is 0 Å². The van der Waals surface area contributed by atoms with Crippen LogP contribution >= 0.6 is 0 Å². The summed E-state index contributed by atoms with van der Waals surface area (Å²) >= 11 is 0. The smallest absolute Gasteiger partial charge is 0.244 e. The lowest BCUT2D eigenvalue weighted by Gasteiger charge is -2.29. The van der Waals surface area contributed by atoms with E-state index in [1.54, 1.807) is 19.1 Å². The van der Waals surface area contributed by atoms with E-state index in [-0.39, 0.29) is 16.9 Å². The second-order valence-electron chi connectivity index (χ2n) is 5.76. The number of hydrogen-bond donors (Lipinski definition) is 2. The van der Waals surface area contributed by atoms with Crippen molar-refractivity contribution in [1.82, 2.24) is 9.62 Å². The quantitative estimate of drug-likeness (QED) is 0.836. The molecule has 0 saturated carbocycles. The normalized spacial score (nSPS) is 22.1. The lowest BCUT2D eigenvalue weighted by Crippen LogP contribution is -2.53. The van der Waals surface area contributed by atoms with Crippen LogP contribution in [0.15, 0.2) is 23.1 Å². The van der Waals surface area contributed by atoms with E-state index in [9.17, 15) is 13.2 Å². The van der Waals surface area contributed by atoms with Gasteiger partial charge in [-0.25, -0.2) is 12.7 Å². The Bertz CT molecular complexity index is 688. The molecule has 1 fully saturated rings. The van der Waals surface area contributed by atoms with Crippen LogP contribution in [0.2, 0.25) is 0 Å². The predicted octanol–water partition coefficient (Wildman–Crippen LogP) is 0.561. The summed E-state index contributed by atoms with van der Waals surface area (Å²) in [6, 6.07) is 4.40. The van der Waals surface area contributed by atoms with E-state index >= 15 is 0 Å². The maximum atomic E-state index is 12.3. The average Bonchev–Trinajstić information content (AvgIpc) is 2.49. The summed E-state index contributed by atoms with van der Waals surface area (Å²) in [6.45, 7) is 4.73. The van der Waals surface area contributed by atoms with Crippen LogP contribution < -0.4 is 10.6 Å². The Hall–Kier alpha value is -1.48. The first-order valence-corrected chi connectivity index (χ1v) is 8.86. The van der Waals surface area contributed by atoms with Crippen molar-refractivity contribution in [2.45, 2.75) is 30.9 Å². The monoisotopic (exact) mass is 341 g/mol. The number of morpholine rings is 1. The Morgan fingerprint density at radius 1 is 1.39 bits per heavy atom. The largest absolute Gasteiger partial charge is 0.375 e. The third kappa shape index (κ3) is 3.89. The molecule has 1 aliphatic rings. The number of nitrogens with one attached hydrogen (secondary N) is 2.